The second-order valence-electron chi connectivity index (χ2n) is 9.25. The first-order valence-corrected chi connectivity index (χ1v) is 12.1. The van der Waals surface area contributed by atoms with Crippen LogP contribution in [0.1, 0.15) is 29.4 Å². The van der Waals surface area contributed by atoms with Gasteiger partial charge < -0.3 is 20.2 Å². The summed E-state index contributed by atoms with van der Waals surface area (Å²) in [6.45, 7) is 2.48. The van der Waals surface area contributed by atoms with Gasteiger partial charge in [-0.05, 0) is 60.0 Å². The van der Waals surface area contributed by atoms with E-state index in [2.05, 4.69) is 15.1 Å². The van der Waals surface area contributed by atoms with Gasteiger partial charge in [0.25, 0.3) is 0 Å². The van der Waals surface area contributed by atoms with Crippen molar-refractivity contribution < 1.29 is 18.7 Å². The molecule has 0 aromatic heterocycles. The van der Waals surface area contributed by atoms with E-state index in [0.29, 0.717) is 13.1 Å². The van der Waals surface area contributed by atoms with Gasteiger partial charge >= 0.3 is 0 Å². The molecule has 1 amide bonds. The second-order valence-corrected chi connectivity index (χ2v) is 9.25. The number of anilines is 2. The topological polar surface area (TPSA) is 55.8 Å². The number of halogens is 2. The van der Waals surface area contributed by atoms with Gasteiger partial charge in [-0.25, -0.2) is 8.78 Å². The molecule has 0 saturated carbocycles. The van der Waals surface area contributed by atoms with Crippen LogP contribution in [0.3, 0.4) is 0 Å². The molecule has 0 bridgehead atoms. The van der Waals surface area contributed by atoms with E-state index >= 15 is 0 Å². The summed E-state index contributed by atoms with van der Waals surface area (Å²) < 4.78 is 27.7. The minimum absolute atomic E-state index is 0.115. The molecule has 3 aromatic carbocycles. The number of benzene rings is 3. The maximum atomic E-state index is 14.2. The number of nitrogens with zero attached hydrogens (tertiary/aromatic N) is 2. The zero-order valence-corrected chi connectivity index (χ0v) is 19.4. The summed E-state index contributed by atoms with van der Waals surface area (Å²) in [6, 6.07) is 20.8. The minimum Gasteiger partial charge on any atom is -0.395 e. The lowest BCUT2D eigenvalue weighted by molar-refractivity contribution is -0.123. The monoisotopic (exact) mass is 477 g/mol. The molecule has 2 aliphatic heterocycles. The summed E-state index contributed by atoms with van der Waals surface area (Å²) in [5.74, 6) is -1.20. The van der Waals surface area contributed by atoms with Gasteiger partial charge in [-0.15, -0.1) is 0 Å². The fourth-order valence-electron chi connectivity index (χ4n) is 5.46. The fourth-order valence-corrected chi connectivity index (χ4v) is 5.46. The standard InChI is InChI=1S/C28H29F2N3O2/c29-20-6-9-22(10-7-20)33-26-11-8-21(30)16-23(26)24-17-32(14-12-27(24)33)15-13-31-28(35)25(18-34)19-4-2-1-3-5-19/h1-11,16,24-25,27,34H,12-15,17-18H2,(H,31,35)/t24-,25?,27+/m1/s1. The lowest BCUT2D eigenvalue weighted by atomic mass is 9.89. The van der Waals surface area contributed by atoms with E-state index in [9.17, 15) is 18.7 Å². The van der Waals surface area contributed by atoms with Gasteiger partial charge in [-0.3, -0.25) is 4.79 Å². The van der Waals surface area contributed by atoms with E-state index in [1.54, 1.807) is 18.2 Å². The third-order valence-electron chi connectivity index (χ3n) is 7.17. The van der Waals surface area contributed by atoms with E-state index in [0.717, 1.165) is 42.0 Å². The largest absolute Gasteiger partial charge is 0.395 e. The molecule has 182 valence electrons. The zero-order valence-electron chi connectivity index (χ0n) is 19.4. The predicted octanol–water partition coefficient (Wildman–Crippen LogP) is 4.17. The van der Waals surface area contributed by atoms with Crippen molar-refractivity contribution in [3.63, 3.8) is 0 Å². The highest BCUT2D eigenvalue weighted by Gasteiger charge is 2.42. The van der Waals surface area contributed by atoms with E-state index < -0.39 is 5.92 Å². The van der Waals surface area contributed by atoms with Crippen molar-refractivity contribution >= 4 is 17.3 Å². The molecule has 5 rings (SSSR count). The molecule has 1 fully saturated rings. The third kappa shape index (κ3) is 4.79. The highest BCUT2D eigenvalue weighted by atomic mass is 19.1. The number of aliphatic hydroxyl groups is 1. The van der Waals surface area contributed by atoms with Crippen molar-refractivity contribution in [1.29, 1.82) is 0 Å². The van der Waals surface area contributed by atoms with Crippen LogP contribution >= 0.6 is 0 Å². The smallest absolute Gasteiger partial charge is 0.229 e. The van der Waals surface area contributed by atoms with Crippen LogP contribution in [0.15, 0.2) is 72.8 Å². The Hall–Kier alpha value is -3.29. The van der Waals surface area contributed by atoms with Crippen LogP contribution in [0.5, 0.6) is 0 Å². The Labute approximate surface area is 204 Å². The lowest BCUT2D eigenvalue weighted by Crippen LogP contribution is -2.47. The summed E-state index contributed by atoms with van der Waals surface area (Å²) in [7, 11) is 0. The maximum Gasteiger partial charge on any atom is 0.229 e. The molecule has 0 spiro atoms. The van der Waals surface area contributed by atoms with E-state index in [-0.39, 0.29) is 36.1 Å². The zero-order chi connectivity index (χ0) is 24.4. The van der Waals surface area contributed by atoms with Gasteiger partial charge in [0.2, 0.25) is 5.91 Å². The molecule has 5 nitrogen and oxygen atoms in total. The van der Waals surface area contributed by atoms with Gasteiger partial charge in [0.1, 0.15) is 11.6 Å². The number of amides is 1. The summed E-state index contributed by atoms with van der Waals surface area (Å²) >= 11 is 0. The Morgan fingerprint density at radius 1 is 1.03 bits per heavy atom. The Morgan fingerprint density at radius 2 is 1.77 bits per heavy atom. The average Bonchev–Trinajstić information content (AvgIpc) is 3.18. The van der Waals surface area contributed by atoms with E-state index in [1.807, 2.05) is 36.4 Å². The van der Waals surface area contributed by atoms with Crippen LogP contribution in [0.2, 0.25) is 0 Å². The summed E-state index contributed by atoms with van der Waals surface area (Å²) in [4.78, 5) is 17.2. The quantitative estimate of drug-likeness (QED) is 0.537. The summed E-state index contributed by atoms with van der Waals surface area (Å²) in [6.07, 6.45) is 0.871. The third-order valence-corrected chi connectivity index (χ3v) is 7.17. The Balaban J connectivity index is 1.25. The first kappa shape index (κ1) is 23.5. The van der Waals surface area contributed by atoms with Gasteiger partial charge in [-0.1, -0.05) is 30.3 Å². The number of piperidine rings is 1. The van der Waals surface area contributed by atoms with Crippen molar-refractivity contribution in [2.24, 2.45) is 0 Å². The van der Waals surface area contributed by atoms with Gasteiger partial charge in [0.15, 0.2) is 0 Å². The minimum atomic E-state index is -0.587. The predicted molar refractivity (Wildman–Crippen MR) is 132 cm³/mol. The highest BCUT2D eigenvalue weighted by molar-refractivity contribution is 5.83. The average molecular weight is 478 g/mol. The molecule has 1 saturated heterocycles. The molecule has 2 N–H and O–H groups in total. The molecule has 0 radical (unpaired) electrons. The molecule has 2 aliphatic rings. The molecule has 1 unspecified atom stereocenters. The van der Waals surface area contributed by atoms with Crippen molar-refractivity contribution in [3.8, 4) is 0 Å². The van der Waals surface area contributed by atoms with Crippen molar-refractivity contribution in [1.82, 2.24) is 10.2 Å². The van der Waals surface area contributed by atoms with Crippen LogP contribution < -0.4 is 10.2 Å². The normalized spacial score (nSPS) is 20.3. The molecule has 3 aromatic rings. The van der Waals surface area contributed by atoms with Gasteiger partial charge in [0.05, 0.1) is 12.5 Å². The Bertz CT molecular complexity index is 1170. The van der Waals surface area contributed by atoms with E-state index in [4.69, 9.17) is 0 Å². The lowest BCUT2D eigenvalue weighted by Gasteiger charge is -2.39. The number of rotatable bonds is 7. The number of fused-ring (bicyclic) bond motifs is 3. The second kappa shape index (κ2) is 10.1. The van der Waals surface area contributed by atoms with E-state index in [1.165, 1.54) is 18.2 Å². The van der Waals surface area contributed by atoms with Crippen LogP contribution in [0.4, 0.5) is 20.2 Å². The summed E-state index contributed by atoms with van der Waals surface area (Å²) in [5.41, 5.74) is 3.64. The SMILES string of the molecule is O=C(NCCN1CC[C@H]2[C@H](C1)c1cc(F)ccc1N2c1ccc(F)cc1)C(CO)c1ccccc1. The maximum absolute atomic E-state index is 14.2. The molecular weight excluding hydrogens is 448 g/mol. The summed E-state index contributed by atoms with van der Waals surface area (Å²) in [5, 5.41) is 12.7. The van der Waals surface area contributed by atoms with Crippen LogP contribution in [0, 0.1) is 11.6 Å². The molecule has 0 aliphatic carbocycles. The van der Waals surface area contributed by atoms with Crippen molar-refractivity contribution in [3.05, 3.63) is 95.6 Å². The molecule has 3 atom stereocenters. The molecule has 2 heterocycles. The van der Waals surface area contributed by atoms with Gasteiger partial charge in [0, 0.05) is 49.5 Å². The van der Waals surface area contributed by atoms with Crippen molar-refractivity contribution in [2.75, 3.05) is 37.7 Å². The number of aliphatic hydroxyl groups excluding tert-OH is 1. The number of carbonyl (C=O) groups is 1. The number of nitrogens with one attached hydrogen (secondary N) is 1. The molecule has 35 heavy (non-hydrogen) atoms. The van der Waals surface area contributed by atoms with Gasteiger partial charge in [-0.2, -0.15) is 0 Å². The first-order chi connectivity index (χ1) is 17.0. The van der Waals surface area contributed by atoms with Crippen LogP contribution in [-0.2, 0) is 4.79 Å². The fraction of sp³-hybridized carbons (Fsp3) is 0.321. The number of hydrogen-bond donors (Lipinski definition) is 2. The molecular formula is C28H29F2N3O2. The van der Waals surface area contributed by atoms with Crippen LogP contribution in [0.25, 0.3) is 0 Å². The van der Waals surface area contributed by atoms with Crippen molar-refractivity contribution in [2.45, 2.75) is 24.3 Å². The number of likely N-dealkylation sites (tertiary alicyclic amines) is 1. The number of carbonyl (C=O) groups excluding carboxylic acids is 1. The first-order valence-electron chi connectivity index (χ1n) is 12.1. The Kier molecular flexibility index (Phi) is 6.79. The van der Waals surface area contributed by atoms with Crippen LogP contribution in [-0.4, -0.2) is 54.7 Å². The highest BCUT2D eigenvalue weighted by Crippen LogP contribution is 2.48. The number of hydrogen-bond acceptors (Lipinski definition) is 4. The molecule has 7 heteroatoms. The Morgan fingerprint density at radius 3 is 2.51 bits per heavy atom.